The third kappa shape index (κ3) is 3.38. The Bertz CT molecular complexity index is 1240. The van der Waals surface area contributed by atoms with Gasteiger partial charge in [-0.2, -0.15) is 5.10 Å². The van der Waals surface area contributed by atoms with Crippen molar-refractivity contribution in [3.8, 4) is 0 Å². The number of para-hydroxylation sites is 1. The maximum Gasteiger partial charge on any atom is 0.269 e. The van der Waals surface area contributed by atoms with Gasteiger partial charge in [0.05, 0.1) is 10.5 Å². The number of amides is 3. The van der Waals surface area contributed by atoms with Crippen LogP contribution in [0.1, 0.15) is 29.8 Å². The van der Waals surface area contributed by atoms with Crippen molar-refractivity contribution in [2.24, 2.45) is 11.7 Å². The molecular formula is C22H21ClN6O3. The van der Waals surface area contributed by atoms with E-state index in [1.165, 1.54) is 4.68 Å². The highest BCUT2D eigenvalue weighted by atomic mass is 35.5. The molecule has 2 aromatic heterocycles. The molecule has 1 saturated carbocycles. The van der Waals surface area contributed by atoms with Gasteiger partial charge >= 0.3 is 0 Å². The predicted molar refractivity (Wildman–Crippen MR) is 118 cm³/mol. The second-order valence-corrected chi connectivity index (χ2v) is 8.59. The number of nitrogens with one attached hydrogen (secondary N) is 1. The third-order valence-electron chi connectivity index (χ3n) is 6.32. The summed E-state index contributed by atoms with van der Waals surface area (Å²) in [4.78, 5) is 44.1. The molecule has 164 valence electrons. The van der Waals surface area contributed by atoms with Crippen molar-refractivity contribution >= 4 is 46.0 Å². The Kier molecular flexibility index (Phi) is 5.05. The fourth-order valence-electron chi connectivity index (χ4n) is 4.99. The van der Waals surface area contributed by atoms with Crippen molar-refractivity contribution in [1.29, 1.82) is 0 Å². The number of halogens is 1. The molecule has 32 heavy (non-hydrogen) atoms. The zero-order valence-corrected chi connectivity index (χ0v) is 17.8. The summed E-state index contributed by atoms with van der Waals surface area (Å²) in [6, 6.07) is 9.84. The van der Waals surface area contributed by atoms with Gasteiger partial charge in [-0.05, 0) is 43.4 Å². The van der Waals surface area contributed by atoms with Gasteiger partial charge in [0, 0.05) is 17.6 Å². The molecule has 3 aromatic rings. The minimum Gasteiger partial charge on any atom is -0.364 e. The topological polar surface area (TPSA) is 123 Å². The van der Waals surface area contributed by atoms with Crippen molar-refractivity contribution < 1.29 is 14.4 Å². The van der Waals surface area contributed by atoms with Crippen molar-refractivity contribution in [2.75, 3.05) is 5.32 Å². The van der Waals surface area contributed by atoms with E-state index in [9.17, 15) is 14.4 Å². The number of primary amides is 1. The smallest absolute Gasteiger partial charge is 0.269 e. The Hall–Kier alpha value is -3.46. The first-order valence-electron chi connectivity index (χ1n) is 10.4. The lowest BCUT2D eigenvalue weighted by atomic mass is 9.97. The first-order valence-corrected chi connectivity index (χ1v) is 10.8. The summed E-state index contributed by atoms with van der Waals surface area (Å²) in [7, 11) is 0. The van der Waals surface area contributed by atoms with E-state index in [4.69, 9.17) is 17.3 Å². The highest BCUT2D eigenvalue weighted by molar-refractivity contribution is 6.33. The summed E-state index contributed by atoms with van der Waals surface area (Å²) < 4.78 is 1.48. The van der Waals surface area contributed by atoms with E-state index in [2.05, 4.69) is 15.4 Å². The monoisotopic (exact) mass is 452 g/mol. The molecule has 2 fully saturated rings. The van der Waals surface area contributed by atoms with E-state index in [1.807, 2.05) is 0 Å². The molecule has 3 heterocycles. The number of carbonyl (C=O) groups excluding carboxylic acids is 3. The largest absolute Gasteiger partial charge is 0.364 e. The molecule has 0 unspecified atom stereocenters. The quantitative estimate of drug-likeness (QED) is 0.614. The van der Waals surface area contributed by atoms with Gasteiger partial charge in [0.1, 0.15) is 12.6 Å². The molecule has 10 heteroatoms. The highest BCUT2D eigenvalue weighted by Crippen LogP contribution is 2.43. The van der Waals surface area contributed by atoms with Gasteiger partial charge in [0.15, 0.2) is 11.5 Å². The van der Waals surface area contributed by atoms with Crippen LogP contribution in [0.4, 0.5) is 5.82 Å². The summed E-state index contributed by atoms with van der Waals surface area (Å²) >= 11 is 6.14. The fraction of sp³-hybridized carbons (Fsp3) is 0.318. The van der Waals surface area contributed by atoms with Crippen molar-refractivity contribution in [1.82, 2.24) is 19.7 Å². The van der Waals surface area contributed by atoms with E-state index >= 15 is 0 Å². The number of carbonyl (C=O) groups is 3. The Balaban J connectivity index is 1.41. The molecule has 1 aliphatic heterocycles. The van der Waals surface area contributed by atoms with Gasteiger partial charge in [0.2, 0.25) is 11.8 Å². The molecule has 5 rings (SSSR count). The van der Waals surface area contributed by atoms with Crippen LogP contribution in [0.25, 0.3) is 10.9 Å². The van der Waals surface area contributed by atoms with Crippen LogP contribution in [0.5, 0.6) is 0 Å². The van der Waals surface area contributed by atoms with Crippen LogP contribution in [-0.4, -0.2) is 49.5 Å². The normalized spacial score (nSPS) is 21.8. The lowest BCUT2D eigenvalue weighted by Crippen LogP contribution is -2.52. The Labute approximate surface area is 188 Å². The minimum absolute atomic E-state index is 0.000100. The Morgan fingerprint density at radius 3 is 2.75 bits per heavy atom. The summed E-state index contributed by atoms with van der Waals surface area (Å²) in [6.07, 6.45) is 4.08. The molecule has 2 aliphatic rings. The van der Waals surface area contributed by atoms with Gasteiger partial charge < -0.3 is 16.0 Å². The Morgan fingerprint density at radius 2 is 1.97 bits per heavy atom. The van der Waals surface area contributed by atoms with Crippen LogP contribution in [0.2, 0.25) is 5.02 Å². The predicted octanol–water partition coefficient (Wildman–Crippen LogP) is 2.20. The number of nitrogens with zero attached hydrogens (tertiary/aromatic N) is 4. The number of fused-ring (bicyclic) bond motifs is 3. The number of likely N-dealkylation sites (tertiary alicyclic amines) is 1. The first-order chi connectivity index (χ1) is 15.4. The van der Waals surface area contributed by atoms with Gasteiger partial charge in [0.25, 0.3) is 5.91 Å². The maximum absolute atomic E-state index is 13.4. The standard InChI is InChI=1S/C22H21ClN6O3/c23-15-5-3-9-25-21(15)26-22(32)19-12-7-8-13(10-12)29(19)17(30)11-28-16-6-2-1-4-14(16)18(27-28)20(24)31/h1-6,9,12-13,19H,7-8,10-11H2,(H2,24,31)(H,25,26,32)/t12-,13+,19-/m0/s1. The molecule has 0 spiro atoms. The molecule has 3 atom stereocenters. The molecule has 0 radical (unpaired) electrons. The molecular weight excluding hydrogens is 432 g/mol. The molecule has 2 bridgehead atoms. The molecule has 1 aliphatic carbocycles. The van der Waals surface area contributed by atoms with Gasteiger partial charge in [-0.3, -0.25) is 19.1 Å². The van der Waals surface area contributed by atoms with Crippen LogP contribution >= 0.6 is 11.6 Å². The lowest BCUT2D eigenvalue weighted by molar-refractivity contribution is -0.141. The number of rotatable bonds is 5. The fourth-order valence-corrected chi connectivity index (χ4v) is 5.16. The van der Waals surface area contributed by atoms with Gasteiger partial charge in [-0.1, -0.05) is 29.8 Å². The molecule has 1 saturated heterocycles. The van der Waals surface area contributed by atoms with Gasteiger partial charge in [-0.15, -0.1) is 0 Å². The Morgan fingerprint density at radius 1 is 1.16 bits per heavy atom. The molecule has 9 nitrogen and oxygen atoms in total. The number of pyridine rings is 1. The highest BCUT2D eigenvalue weighted by Gasteiger charge is 2.51. The van der Waals surface area contributed by atoms with Crippen molar-refractivity contribution in [2.45, 2.75) is 37.9 Å². The third-order valence-corrected chi connectivity index (χ3v) is 6.62. The molecule has 1 aromatic carbocycles. The number of piperidine rings is 1. The lowest BCUT2D eigenvalue weighted by Gasteiger charge is -2.34. The minimum atomic E-state index is -0.655. The average molecular weight is 453 g/mol. The average Bonchev–Trinajstić information content (AvgIpc) is 3.48. The molecule has 3 amide bonds. The van der Waals surface area contributed by atoms with Crippen LogP contribution in [-0.2, 0) is 16.1 Å². The zero-order chi connectivity index (χ0) is 22.4. The summed E-state index contributed by atoms with van der Waals surface area (Å²) in [5.41, 5.74) is 6.22. The van der Waals surface area contributed by atoms with E-state index in [1.54, 1.807) is 47.5 Å². The maximum atomic E-state index is 13.4. The summed E-state index contributed by atoms with van der Waals surface area (Å²) in [5, 5.41) is 7.98. The van der Waals surface area contributed by atoms with Crippen LogP contribution in [0.3, 0.4) is 0 Å². The van der Waals surface area contributed by atoms with E-state index in [0.717, 1.165) is 19.3 Å². The van der Waals surface area contributed by atoms with Crippen LogP contribution in [0, 0.1) is 5.92 Å². The zero-order valence-electron chi connectivity index (χ0n) is 17.1. The second kappa shape index (κ2) is 7.90. The number of hydrogen-bond acceptors (Lipinski definition) is 5. The number of nitrogens with two attached hydrogens (primary N) is 1. The number of anilines is 1. The number of benzene rings is 1. The first kappa shape index (κ1) is 20.4. The SMILES string of the molecule is NC(=O)c1nn(CC(=O)N2[C@@H]3CC[C@@H](C3)[C@H]2C(=O)Nc2ncccc2Cl)c2ccccc12. The van der Waals surface area contributed by atoms with E-state index < -0.39 is 11.9 Å². The van der Waals surface area contributed by atoms with Gasteiger partial charge in [-0.25, -0.2) is 4.98 Å². The van der Waals surface area contributed by atoms with Crippen molar-refractivity contribution in [3.63, 3.8) is 0 Å². The second-order valence-electron chi connectivity index (χ2n) is 8.18. The summed E-state index contributed by atoms with van der Waals surface area (Å²) in [5.74, 6) is -0.819. The van der Waals surface area contributed by atoms with Crippen LogP contribution < -0.4 is 11.1 Å². The van der Waals surface area contributed by atoms with E-state index in [-0.39, 0.29) is 41.8 Å². The van der Waals surface area contributed by atoms with Crippen LogP contribution in [0.15, 0.2) is 42.6 Å². The van der Waals surface area contributed by atoms with Crippen molar-refractivity contribution in [3.05, 3.63) is 53.3 Å². The number of hydrogen-bond donors (Lipinski definition) is 2. The summed E-state index contributed by atoms with van der Waals surface area (Å²) in [6.45, 7) is -0.0921. The number of aromatic nitrogens is 3. The van der Waals surface area contributed by atoms with E-state index in [0.29, 0.717) is 15.9 Å². The molecule has 3 N–H and O–H groups in total.